The number of amides is 1. The van der Waals surface area contributed by atoms with Crippen LogP contribution < -0.4 is 5.32 Å². The van der Waals surface area contributed by atoms with Crippen LogP contribution in [0.2, 0.25) is 0 Å². The minimum atomic E-state index is 0.0891. The number of piperidine rings is 1. The molecule has 17 heavy (non-hydrogen) atoms. The van der Waals surface area contributed by atoms with Gasteiger partial charge in [0.05, 0.1) is 5.56 Å². The molecule has 0 saturated carbocycles. The molecule has 3 nitrogen and oxygen atoms in total. The van der Waals surface area contributed by atoms with Crippen molar-refractivity contribution < 1.29 is 4.79 Å². The van der Waals surface area contributed by atoms with Crippen LogP contribution in [0.15, 0.2) is 28.7 Å². The SMILES string of the molecule is CN(C(=O)c1ccccc1Br)[C@H]1CCCNC1. The second kappa shape index (κ2) is 5.65. The lowest BCUT2D eigenvalue weighted by Gasteiger charge is -2.32. The molecule has 0 unspecified atom stereocenters. The van der Waals surface area contributed by atoms with Crippen LogP contribution in [0, 0.1) is 0 Å². The van der Waals surface area contributed by atoms with Crippen molar-refractivity contribution in [3.63, 3.8) is 0 Å². The van der Waals surface area contributed by atoms with Crippen LogP contribution >= 0.6 is 15.9 Å². The summed E-state index contributed by atoms with van der Waals surface area (Å²) in [5.41, 5.74) is 0.737. The Morgan fingerprint density at radius 3 is 2.88 bits per heavy atom. The summed E-state index contributed by atoms with van der Waals surface area (Å²) in [6.07, 6.45) is 2.22. The molecule has 1 amide bonds. The third kappa shape index (κ3) is 2.87. The largest absolute Gasteiger partial charge is 0.337 e. The summed E-state index contributed by atoms with van der Waals surface area (Å²) in [5, 5.41) is 3.33. The average Bonchev–Trinajstić information content (AvgIpc) is 2.39. The van der Waals surface area contributed by atoms with Crippen molar-refractivity contribution in [2.24, 2.45) is 0 Å². The Morgan fingerprint density at radius 2 is 2.24 bits per heavy atom. The maximum Gasteiger partial charge on any atom is 0.255 e. The lowest BCUT2D eigenvalue weighted by atomic mass is 10.1. The molecule has 1 N–H and O–H groups in total. The fourth-order valence-electron chi connectivity index (χ4n) is 2.15. The van der Waals surface area contributed by atoms with Gasteiger partial charge in [-0.1, -0.05) is 12.1 Å². The summed E-state index contributed by atoms with van der Waals surface area (Å²) >= 11 is 3.43. The van der Waals surface area contributed by atoms with Gasteiger partial charge in [-0.25, -0.2) is 0 Å². The molecule has 2 rings (SSSR count). The standard InChI is InChI=1S/C13H17BrN2O/c1-16(10-5-4-8-15-9-10)13(17)11-6-2-3-7-12(11)14/h2-3,6-7,10,15H,4-5,8-9H2,1H3/t10-/m0/s1. The molecule has 1 aromatic carbocycles. The molecule has 1 saturated heterocycles. The Balaban J connectivity index is 2.11. The van der Waals surface area contributed by atoms with E-state index in [-0.39, 0.29) is 5.91 Å². The number of carbonyl (C=O) groups is 1. The van der Waals surface area contributed by atoms with E-state index in [1.165, 1.54) is 0 Å². The van der Waals surface area contributed by atoms with Crippen molar-refractivity contribution in [1.82, 2.24) is 10.2 Å². The van der Waals surface area contributed by atoms with Gasteiger partial charge in [-0.3, -0.25) is 4.79 Å². The third-order valence-corrected chi connectivity index (χ3v) is 3.93. The molecule has 0 aliphatic carbocycles. The van der Waals surface area contributed by atoms with Crippen LogP contribution in [0.4, 0.5) is 0 Å². The van der Waals surface area contributed by atoms with Crippen molar-refractivity contribution in [2.45, 2.75) is 18.9 Å². The van der Waals surface area contributed by atoms with Crippen molar-refractivity contribution in [3.8, 4) is 0 Å². The Hall–Kier alpha value is -0.870. The van der Waals surface area contributed by atoms with Gasteiger partial charge in [0.2, 0.25) is 0 Å². The number of hydrogen-bond acceptors (Lipinski definition) is 2. The van der Waals surface area contributed by atoms with E-state index >= 15 is 0 Å². The zero-order valence-corrected chi connectivity index (χ0v) is 11.5. The minimum Gasteiger partial charge on any atom is -0.337 e. The number of carbonyl (C=O) groups excluding carboxylic acids is 1. The summed E-state index contributed by atoms with van der Waals surface area (Å²) < 4.78 is 0.862. The van der Waals surface area contributed by atoms with Crippen molar-refractivity contribution in [3.05, 3.63) is 34.3 Å². The van der Waals surface area contributed by atoms with Gasteiger partial charge in [-0.15, -0.1) is 0 Å². The fraction of sp³-hybridized carbons (Fsp3) is 0.462. The normalized spacial score (nSPS) is 20.0. The third-order valence-electron chi connectivity index (χ3n) is 3.24. The summed E-state index contributed by atoms with van der Waals surface area (Å²) in [4.78, 5) is 14.2. The van der Waals surface area contributed by atoms with Gasteiger partial charge in [0.15, 0.2) is 0 Å². The van der Waals surface area contributed by atoms with Crippen LogP contribution in [-0.2, 0) is 0 Å². The van der Waals surface area contributed by atoms with E-state index in [2.05, 4.69) is 21.2 Å². The van der Waals surface area contributed by atoms with Crippen molar-refractivity contribution in [1.29, 1.82) is 0 Å². The molecule has 1 fully saturated rings. The highest BCUT2D eigenvalue weighted by Gasteiger charge is 2.23. The molecule has 1 aliphatic heterocycles. The predicted octanol–water partition coefficient (Wildman–Crippen LogP) is 2.27. The quantitative estimate of drug-likeness (QED) is 0.908. The van der Waals surface area contributed by atoms with Crippen LogP contribution in [-0.4, -0.2) is 37.0 Å². The summed E-state index contributed by atoms with van der Waals surface area (Å²) in [7, 11) is 1.89. The maximum atomic E-state index is 12.3. The van der Waals surface area contributed by atoms with Gasteiger partial charge in [0, 0.05) is 24.1 Å². The number of likely N-dealkylation sites (N-methyl/N-ethyl adjacent to an activating group) is 1. The van der Waals surface area contributed by atoms with E-state index in [0.29, 0.717) is 6.04 Å². The first kappa shape index (κ1) is 12.6. The van der Waals surface area contributed by atoms with E-state index in [4.69, 9.17) is 0 Å². The van der Waals surface area contributed by atoms with E-state index in [9.17, 15) is 4.79 Å². The second-order valence-electron chi connectivity index (χ2n) is 4.40. The lowest BCUT2D eigenvalue weighted by Crippen LogP contribution is -2.46. The van der Waals surface area contributed by atoms with Gasteiger partial charge in [-0.2, -0.15) is 0 Å². The molecule has 0 aromatic heterocycles. The van der Waals surface area contributed by atoms with Crippen LogP contribution in [0.25, 0.3) is 0 Å². The summed E-state index contributed by atoms with van der Waals surface area (Å²) in [6.45, 7) is 1.96. The molecular weight excluding hydrogens is 280 g/mol. The summed E-state index contributed by atoms with van der Waals surface area (Å²) in [5.74, 6) is 0.0891. The van der Waals surface area contributed by atoms with Crippen molar-refractivity contribution >= 4 is 21.8 Å². The number of nitrogens with one attached hydrogen (secondary N) is 1. The molecule has 1 heterocycles. The average molecular weight is 297 g/mol. The molecule has 0 spiro atoms. The number of rotatable bonds is 2. The minimum absolute atomic E-state index is 0.0891. The molecule has 1 aromatic rings. The van der Waals surface area contributed by atoms with E-state index in [1.807, 2.05) is 36.2 Å². The van der Waals surface area contributed by atoms with Crippen LogP contribution in [0.1, 0.15) is 23.2 Å². The monoisotopic (exact) mass is 296 g/mol. The molecule has 0 bridgehead atoms. The molecule has 0 radical (unpaired) electrons. The Labute approximate surface area is 110 Å². The Kier molecular flexibility index (Phi) is 4.18. The number of nitrogens with zero attached hydrogens (tertiary/aromatic N) is 1. The predicted molar refractivity (Wildman–Crippen MR) is 72.1 cm³/mol. The Bertz CT molecular complexity index is 402. The number of halogens is 1. The smallest absolute Gasteiger partial charge is 0.255 e. The number of hydrogen-bond donors (Lipinski definition) is 1. The molecular formula is C13H17BrN2O. The van der Waals surface area contributed by atoms with Gasteiger partial charge < -0.3 is 10.2 Å². The summed E-state index contributed by atoms with van der Waals surface area (Å²) in [6, 6.07) is 7.89. The topological polar surface area (TPSA) is 32.3 Å². The molecule has 1 atom stereocenters. The lowest BCUT2D eigenvalue weighted by molar-refractivity contribution is 0.0707. The highest BCUT2D eigenvalue weighted by Crippen LogP contribution is 2.19. The van der Waals surface area contributed by atoms with Gasteiger partial charge >= 0.3 is 0 Å². The fourth-order valence-corrected chi connectivity index (χ4v) is 2.61. The number of benzene rings is 1. The van der Waals surface area contributed by atoms with E-state index in [1.54, 1.807) is 0 Å². The van der Waals surface area contributed by atoms with Gasteiger partial charge in [0.1, 0.15) is 0 Å². The maximum absolute atomic E-state index is 12.3. The van der Waals surface area contributed by atoms with Crippen LogP contribution in [0.5, 0.6) is 0 Å². The first-order valence-corrected chi connectivity index (χ1v) is 6.72. The van der Waals surface area contributed by atoms with Crippen LogP contribution in [0.3, 0.4) is 0 Å². The first-order chi connectivity index (χ1) is 8.20. The first-order valence-electron chi connectivity index (χ1n) is 5.92. The van der Waals surface area contributed by atoms with E-state index in [0.717, 1.165) is 36.0 Å². The molecule has 4 heteroatoms. The zero-order valence-electron chi connectivity index (χ0n) is 9.95. The molecule has 1 aliphatic rings. The highest BCUT2D eigenvalue weighted by atomic mass is 79.9. The van der Waals surface area contributed by atoms with E-state index < -0.39 is 0 Å². The van der Waals surface area contributed by atoms with Gasteiger partial charge in [-0.05, 0) is 47.4 Å². The van der Waals surface area contributed by atoms with Crippen molar-refractivity contribution in [2.75, 3.05) is 20.1 Å². The van der Waals surface area contributed by atoms with Gasteiger partial charge in [0.25, 0.3) is 5.91 Å². The highest BCUT2D eigenvalue weighted by molar-refractivity contribution is 9.10. The zero-order chi connectivity index (χ0) is 12.3. The molecule has 92 valence electrons. The second-order valence-corrected chi connectivity index (χ2v) is 5.25. The Morgan fingerprint density at radius 1 is 1.47 bits per heavy atom.